The highest BCUT2D eigenvalue weighted by molar-refractivity contribution is 5.55. The lowest BCUT2D eigenvalue weighted by molar-refractivity contribution is -0.119. The maximum absolute atomic E-state index is 10.7. The molecule has 0 bridgehead atoms. The van der Waals surface area contributed by atoms with Crippen LogP contribution in [0.1, 0.15) is 24.7 Å². The fourth-order valence-corrected chi connectivity index (χ4v) is 2.51. The van der Waals surface area contributed by atoms with E-state index in [1.54, 1.807) is 12.0 Å². The third kappa shape index (κ3) is 2.89. The number of methoxy groups -OCH3 is 1. The van der Waals surface area contributed by atoms with Gasteiger partial charge in [-0.2, -0.15) is 4.98 Å². The largest absolute Gasteiger partial charge is 0.497 e. The van der Waals surface area contributed by atoms with Gasteiger partial charge in [0.25, 0.3) is 0 Å². The van der Waals surface area contributed by atoms with Crippen LogP contribution in [0.15, 0.2) is 28.8 Å². The molecule has 0 unspecified atom stereocenters. The summed E-state index contributed by atoms with van der Waals surface area (Å²) < 4.78 is 10.5. The smallest absolute Gasteiger partial charge is 0.230 e. The Balaban J connectivity index is 1.72. The Morgan fingerprint density at radius 2 is 2.00 bits per heavy atom. The van der Waals surface area contributed by atoms with Gasteiger partial charge in [-0.25, -0.2) is 0 Å². The second-order valence-electron chi connectivity index (χ2n) is 5.10. The number of hydrogen-bond donors (Lipinski definition) is 0. The Hall–Kier alpha value is -2.37. The number of carbonyl (C=O) groups is 1. The third-order valence-electron chi connectivity index (χ3n) is 3.82. The summed E-state index contributed by atoms with van der Waals surface area (Å²) >= 11 is 0. The van der Waals surface area contributed by atoms with Crippen LogP contribution in [0.25, 0.3) is 11.4 Å². The number of ether oxygens (including phenoxy) is 1. The molecular weight excluding hydrogens is 270 g/mol. The number of nitrogens with zero attached hydrogens (tertiary/aromatic N) is 3. The monoisotopic (exact) mass is 287 g/mol. The van der Waals surface area contributed by atoms with E-state index in [0.717, 1.165) is 43.7 Å². The van der Waals surface area contributed by atoms with Crippen molar-refractivity contribution in [1.29, 1.82) is 0 Å². The molecule has 21 heavy (non-hydrogen) atoms. The molecule has 1 aromatic carbocycles. The van der Waals surface area contributed by atoms with Crippen LogP contribution in [0.5, 0.6) is 5.75 Å². The molecule has 0 radical (unpaired) electrons. The Bertz CT molecular complexity index is 601. The van der Waals surface area contributed by atoms with E-state index < -0.39 is 0 Å². The van der Waals surface area contributed by atoms with Gasteiger partial charge in [0, 0.05) is 24.6 Å². The van der Waals surface area contributed by atoms with Gasteiger partial charge in [0.15, 0.2) is 0 Å². The Morgan fingerprint density at radius 3 is 2.62 bits per heavy atom. The maximum Gasteiger partial charge on any atom is 0.230 e. The van der Waals surface area contributed by atoms with Crippen LogP contribution in [0.2, 0.25) is 0 Å². The van der Waals surface area contributed by atoms with E-state index in [9.17, 15) is 4.79 Å². The predicted octanol–water partition coefficient (Wildman–Crippen LogP) is 2.08. The second-order valence-corrected chi connectivity index (χ2v) is 5.10. The van der Waals surface area contributed by atoms with Crippen LogP contribution >= 0.6 is 0 Å². The molecule has 6 heteroatoms. The maximum atomic E-state index is 10.7. The van der Waals surface area contributed by atoms with Crippen LogP contribution in [0.4, 0.5) is 0 Å². The van der Waals surface area contributed by atoms with Crippen molar-refractivity contribution in [3.8, 4) is 17.1 Å². The highest BCUT2D eigenvalue weighted by Crippen LogP contribution is 2.28. The average Bonchev–Trinajstić information content (AvgIpc) is 3.05. The zero-order valence-corrected chi connectivity index (χ0v) is 11.9. The summed E-state index contributed by atoms with van der Waals surface area (Å²) in [4.78, 5) is 17.0. The minimum Gasteiger partial charge on any atom is -0.497 e. The summed E-state index contributed by atoms with van der Waals surface area (Å²) in [7, 11) is 1.63. The van der Waals surface area contributed by atoms with E-state index in [1.807, 2.05) is 24.3 Å². The summed E-state index contributed by atoms with van der Waals surface area (Å²) in [5, 5.41) is 4.05. The molecule has 1 aliphatic rings. The molecular formula is C15H17N3O3. The van der Waals surface area contributed by atoms with Gasteiger partial charge in [-0.3, -0.25) is 4.79 Å². The highest BCUT2D eigenvalue weighted by Gasteiger charge is 2.24. The highest BCUT2D eigenvalue weighted by atomic mass is 16.5. The number of likely N-dealkylation sites (tertiary alicyclic amines) is 1. The van der Waals surface area contributed by atoms with Crippen LogP contribution in [-0.4, -0.2) is 41.6 Å². The molecule has 2 heterocycles. The molecule has 110 valence electrons. The Labute approximate surface area is 122 Å². The van der Waals surface area contributed by atoms with Gasteiger partial charge in [0.05, 0.1) is 7.11 Å². The number of amides is 1. The second kappa shape index (κ2) is 5.95. The van der Waals surface area contributed by atoms with Crippen LogP contribution in [0, 0.1) is 0 Å². The normalized spacial score (nSPS) is 16.0. The van der Waals surface area contributed by atoms with Crippen molar-refractivity contribution in [1.82, 2.24) is 15.0 Å². The van der Waals surface area contributed by atoms with Gasteiger partial charge >= 0.3 is 0 Å². The number of benzene rings is 1. The zero-order valence-electron chi connectivity index (χ0n) is 11.9. The minimum atomic E-state index is 0.237. The van der Waals surface area contributed by atoms with Gasteiger partial charge in [-0.1, -0.05) is 5.16 Å². The fourth-order valence-electron chi connectivity index (χ4n) is 2.51. The first-order valence-corrected chi connectivity index (χ1v) is 6.97. The van der Waals surface area contributed by atoms with Gasteiger partial charge < -0.3 is 14.2 Å². The molecule has 1 aliphatic heterocycles. The van der Waals surface area contributed by atoms with Crippen molar-refractivity contribution in [3.05, 3.63) is 30.2 Å². The summed E-state index contributed by atoms with van der Waals surface area (Å²) in [5.74, 6) is 2.28. The van der Waals surface area contributed by atoms with Crippen molar-refractivity contribution < 1.29 is 14.1 Å². The average molecular weight is 287 g/mol. The lowest BCUT2D eigenvalue weighted by Gasteiger charge is -2.26. The molecule has 1 fully saturated rings. The molecule has 0 atom stereocenters. The molecule has 2 aromatic rings. The van der Waals surface area contributed by atoms with Gasteiger partial charge in [0.2, 0.25) is 18.1 Å². The molecule has 0 aliphatic carbocycles. The Morgan fingerprint density at radius 1 is 1.29 bits per heavy atom. The van der Waals surface area contributed by atoms with E-state index in [4.69, 9.17) is 9.26 Å². The molecule has 1 saturated heterocycles. The van der Waals surface area contributed by atoms with Crippen molar-refractivity contribution >= 4 is 6.41 Å². The van der Waals surface area contributed by atoms with Crippen molar-refractivity contribution in [2.45, 2.75) is 18.8 Å². The van der Waals surface area contributed by atoms with Crippen LogP contribution in [0.3, 0.4) is 0 Å². The molecule has 6 nitrogen and oxygen atoms in total. The van der Waals surface area contributed by atoms with Crippen molar-refractivity contribution in [3.63, 3.8) is 0 Å². The van der Waals surface area contributed by atoms with Crippen LogP contribution < -0.4 is 4.74 Å². The van der Waals surface area contributed by atoms with Crippen molar-refractivity contribution in [2.75, 3.05) is 20.2 Å². The standard InChI is InChI=1S/C15H17N3O3/c1-20-13-4-2-11(3-5-13)14-16-15(21-17-14)12-6-8-18(10-19)9-7-12/h2-5,10,12H,6-9H2,1H3. The number of piperidine rings is 1. The van der Waals surface area contributed by atoms with E-state index in [2.05, 4.69) is 10.1 Å². The lowest BCUT2D eigenvalue weighted by atomic mass is 9.97. The summed E-state index contributed by atoms with van der Waals surface area (Å²) in [6.45, 7) is 1.49. The number of carbonyl (C=O) groups excluding carboxylic acids is 1. The summed E-state index contributed by atoms with van der Waals surface area (Å²) in [5.41, 5.74) is 0.899. The van der Waals surface area contributed by atoms with Crippen molar-refractivity contribution in [2.24, 2.45) is 0 Å². The number of rotatable bonds is 4. The third-order valence-corrected chi connectivity index (χ3v) is 3.82. The fraction of sp³-hybridized carbons (Fsp3) is 0.400. The molecule has 0 spiro atoms. The number of aromatic nitrogens is 2. The van der Waals surface area contributed by atoms with Gasteiger partial charge in [0.1, 0.15) is 5.75 Å². The quantitative estimate of drug-likeness (QED) is 0.805. The topological polar surface area (TPSA) is 68.5 Å². The minimum absolute atomic E-state index is 0.237. The number of hydrogen-bond acceptors (Lipinski definition) is 5. The first-order valence-electron chi connectivity index (χ1n) is 6.97. The molecule has 1 aromatic heterocycles. The zero-order chi connectivity index (χ0) is 14.7. The molecule has 0 N–H and O–H groups in total. The SMILES string of the molecule is COc1ccc(-c2noc(C3CCN(C=O)CC3)n2)cc1. The van der Waals surface area contributed by atoms with Gasteiger partial charge in [-0.15, -0.1) is 0 Å². The van der Waals surface area contributed by atoms with E-state index in [-0.39, 0.29) is 5.92 Å². The first-order chi connectivity index (χ1) is 10.3. The first kappa shape index (κ1) is 13.6. The summed E-state index contributed by atoms with van der Waals surface area (Å²) in [6, 6.07) is 7.55. The van der Waals surface area contributed by atoms with E-state index in [0.29, 0.717) is 11.7 Å². The Kier molecular flexibility index (Phi) is 3.85. The summed E-state index contributed by atoms with van der Waals surface area (Å²) in [6.07, 6.45) is 2.62. The van der Waals surface area contributed by atoms with E-state index in [1.165, 1.54) is 0 Å². The van der Waals surface area contributed by atoms with Crippen LogP contribution in [-0.2, 0) is 4.79 Å². The predicted molar refractivity (Wildman–Crippen MR) is 75.9 cm³/mol. The lowest BCUT2D eigenvalue weighted by Crippen LogP contribution is -2.31. The van der Waals surface area contributed by atoms with Gasteiger partial charge in [-0.05, 0) is 37.1 Å². The molecule has 1 amide bonds. The molecule has 3 rings (SSSR count). The molecule has 0 saturated carbocycles. The van der Waals surface area contributed by atoms with E-state index >= 15 is 0 Å².